The van der Waals surface area contributed by atoms with Crippen LogP contribution in [-0.4, -0.2) is 36.1 Å². The van der Waals surface area contributed by atoms with Crippen LogP contribution in [0.3, 0.4) is 0 Å². The molecule has 0 amide bonds. The van der Waals surface area contributed by atoms with Crippen LogP contribution in [0.5, 0.6) is 0 Å². The Morgan fingerprint density at radius 3 is 2.55 bits per heavy atom. The van der Waals surface area contributed by atoms with Crippen molar-refractivity contribution in [3.05, 3.63) is 54.1 Å². The summed E-state index contributed by atoms with van der Waals surface area (Å²) in [5.74, 6) is -1.68. The zero-order valence-corrected chi connectivity index (χ0v) is 12.2. The molecule has 0 aliphatic carbocycles. The molecular formula is C17H17NO4. The van der Waals surface area contributed by atoms with Gasteiger partial charge in [-0.3, -0.25) is 4.79 Å². The molecule has 2 rings (SSSR count). The molecule has 0 saturated carbocycles. The number of esters is 1. The lowest BCUT2D eigenvalue weighted by atomic mass is 9.95. The van der Waals surface area contributed by atoms with Gasteiger partial charge in [0.05, 0.1) is 13.7 Å². The number of methoxy groups -OCH3 is 1. The van der Waals surface area contributed by atoms with Gasteiger partial charge in [0.25, 0.3) is 0 Å². The number of rotatable bonds is 5. The Labute approximate surface area is 128 Å². The second-order valence-electron chi connectivity index (χ2n) is 4.93. The van der Waals surface area contributed by atoms with Crippen molar-refractivity contribution in [3.8, 4) is 0 Å². The minimum Gasteiger partial charge on any atom is -0.467 e. The molecule has 2 aromatic rings. The summed E-state index contributed by atoms with van der Waals surface area (Å²) in [6.07, 6.45) is 2.73. The summed E-state index contributed by atoms with van der Waals surface area (Å²) in [5.41, 5.74) is 4.35. The van der Waals surface area contributed by atoms with Crippen LogP contribution in [0.1, 0.15) is 5.56 Å². The Hall–Kier alpha value is -2.50. The van der Waals surface area contributed by atoms with Gasteiger partial charge in [-0.15, -0.1) is 0 Å². The Morgan fingerprint density at radius 1 is 1.23 bits per heavy atom. The van der Waals surface area contributed by atoms with Crippen LogP contribution in [0, 0.1) is 0 Å². The molecular weight excluding hydrogens is 282 g/mol. The minimum absolute atomic E-state index is 0.713. The van der Waals surface area contributed by atoms with Crippen molar-refractivity contribution in [2.24, 2.45) is 5.73 Å². The third-order valence-corrected chi connectivity index (χ3v) is 3.44. The zero-order chi connectivity index (χ0) is 16.2. The predicted molar refractivity (Wildman–Crippen MR) is 84.0 cm³/mol. The molecule has 0 bridgehead atoms. The summed E-state index contributed by atoms with van der Waals surface area (Å²) in [5, 5.41) is 11.3. The van der Waals surface area contributed by atoms with Crippen LogP contribution in [0.2, 0.25) is 0 Å². The molecule has 0 saturated heterocycles. The largest absolute Gasteiger partial charge is 0.467 e. The maximum atomic E-state index is 12.1. The second-order valence-corrected chi connectivity index (χ2v) is 4.93. The van der Waals surface area contributed by atoms with E-state index in [1.54, 1.807) is 6.08 Å². The summed E-state index contributed by atoms with van der Waals surface area (Å²) >= 11 is 0. The van der Waals surface area contributed by atoms with E-state index in [-0.39, 0.29) is 0 Å². The molecule has 0 aromatic heterocycles. The number of nitrogens with two attached hydrogens (primary N) is 1. The van der Waals surface area contributed by atoms with Crippen molar-refractivity contribution in [1.82, 2.24) is 0 Å². The first-order valence-corrected chi connectivity index (χ1v) is 6.71. The highest BCUT2D eigenvalue weighted by molar-refractivity contribution is 6.14. The smallest absolute Gasteiger partial charge is 0.336 e. The maximum absolute atomic E-state index is 12.1. The van der Waals surface area contributed by atoms with Gasteiger partial charge in [0.1, 0.15) is 0 Å². The van der Waals surface area contributed by atoms with E-state index in [0.29, 0.717) is 0 Å². The molecule has 114 valence electrons. The van der Waals surface area contributed by atoms with Crippen LogP contribution in [0.15, 0.2) is 48.5 Å². The average Bonchev–Trinajstić information content (AvgIpc) is 2.57. The molecule has 0 radical (unpaired) electrons. The van der Waals surface area contributed by atoms with Crippen LogP contribution in [0.4, 0.5) is 0 Å². The fourth-order valence-corrected chi connectivity index (χ4v) is 2.06. The summed E-state index contributed by atoms with van der Waals surface area (Å²) in [6, 6.07) is 13.5. The Bertz CT molecular complexity index is 738. The predicted octanol–water partition coefficient (Wildman–Crippen LogP) is 1.28. The molecule has 0 heterocycles. The Balaban J connectivity index is 2.25. The van der Waals surface area contributed by atoms with Crippen molar-refractivity contribution in [1.29, 1.82) is 0 Å². The highest BCUT2D eigenvalue weighted by atomic mass is 16.5. The van der Waals surface area contributed by atoms with Crippen molar-refractivity contribution >= 4 is 28.6 Å². The van der Waals surface area contributed by atoms with E-state index in [2.05, 4.69) is 4.74 Å². The van der Waals surface area contributed by atoms with Crippen LogP contribution < -0.4 is 5.73 Å². The standard InChI is InChI=1S/C17H17NO4/c1-22-16(21)17(18,11-19)15(20)9-7-12-6-8-13-4-2-3-5-14(13)10-12/h2-10,19H,11,18H2,1H3/b9-7+/t17-/m1/s1. The van der Waals surface area contributed by atoms with Crippen molar-refractivity contribution in [2.45, 2.75) is 5.54 Å². The lowest BCUT2D eigenvalue weighted by molar-refractivity contribution is -0.151. The average molecular weight is 299 g/mol. The van der Waals surface area contributed by atoms with Gasteiger partial charge >= 0.3 is 5.97 Å². The first kappa shape index (κ1) is 15.9. The number of hydrogen-bond donors (Lipinski definition) is 2. The molecule has 0 fully saturated rings. The summed E-state index contributed by atoms with van der Waals surface area (Å²) in [6.45, 7) is -0.819. The van der Waals surface area contributed by atoms with Gasteiger partial charge in [0, 0.05) is 0 Å². The number of ether oxygens (including phenoxy) is 1. The number of carbonyl (C=O) groups is 2. The molecule has 3 N–H and O–H groups in total. The van der Waals surface area contributed by atoms with Gasteiger partial charge in [0.2, 0.25) is 5.54 Å². The molecule has 0 spiro atoms. The van der Waals surface area contributed by atoms with Crippen LogP contribution in [-0.2, 0) is 14.3 Å². The topological polar surface area (TPSA) is 89.6 Å². The van der Waals surface area contributed by atoms with Gasteiger partial charge in [-0.25, -0.2) is 4.79 Å². The number of benzene rings is 2. The lowest BCUT2D eigenvalue weighted by Crippen LogP contribution is -2.57. The number of aliphatic hydroxyl groups excluding tert-OH is 1. The van der Waals surface area contributed by atoms with E-state index in [9.17, 15) is 14.7 Å². The maximum Gasteiger partial charge on any atom is 0.336 e. The van der Waals surface area contributed by atoms with Gasteiger partial charge in [-0.05, 0) is 28.5 Å². The van der Waals surface area contributed by atoms with Crippen LogP contribution in [0.25, 0.3) is 16.8 Å². The number of fused-ring (bicyclic) bond motifs is 1. The Kier molecular flexibility index (Phi) is 4.70. The number of aliphatic hydroxyl groups is 1. The molecule has 2 aromatic carbocycles. The fourth-order valence-electron chi connectivity index (χ4n) is 2.06. The summed E-state index contributed by atoms with van der Waals surface area (Å²) < 4.78 is 4.46. The number of hydrogen-bond acceptors (Lipinski definition) is 5. The third-order valence-electron chi connectivity index (χ3n) is 3.44. The summed E-state index contributed by atoms with van der Waals surface area (Å²) in [7, 11) is 1.11. The van der Waals surface area contributed by atoms with Gasteiger partial charge < -0.3 is 15.6 Å². The molecule has 5 nitrogen and oxygen atoms in total. The fraction of sp³-hybridized carbons (Fsp3) is 0.176. The highest BCUT2D eigenvalue weighted by Gasteiger charge is 2.41. The minimum atomic E-state index is -2.07. The number of ketones is 1. The van der Waals surface area contributed by atoms with Crippen molar-refractivity contribution < 1.29 is 19.4 Å². The zero-order valence-electron chi connectivity index (χ0n) is 12.2. The van der Waals surface area contributed by atoms with Crippen LogP contribution >= 0.6 is 0 Å². The van der Waals surface area contributed by atoms with E-state index < -0.39 is 23.9 Å². The van der Waals surface area contributed by atoms with E-state index in [4.69, 9.17) is 5.73 Å². The first-order chi connectivity index (χ1) is 10.5. The van der Waals surface area contributed by atoms with E-state index in [1.165, 1.54) is 6.08 Å². The van der Waals surface area contributed by atoms with Gasteiger partial charge in [-0.1, -0.05) is 42.5 Å². The monoisotopic (exact) mass is 299 g/mol. The highest BCUT2D eigenvalue weighted by Crippen LogP contribution is 2.17. The molecule has 0 aliphatic rings. The molecule has 22 heavy (non-hydrogen) atoms. The Morgan fingerprint density at radius 2 is 1.91 bits per heavy atom. The molecule has 5 heteroatoms. The SMILES string of the molecule is COC(=O)[C@@](N)(CO)C(=O)/C=C/c1ccc2ccccc2c1. The second kappa shape index (κ2) is 6.51. The molecule has 0 aliphatic heterocycles. The summed E-state index contributed by atoms with van der Waals surface area (Å²) in [4.78, 5) is 23.6. The third kappa shape index (κ3) is 3.05. The molecule has 1 atom stereocenters. The van der Waals surface area contributed by atoms with Crippen molar-refractivity contribution in [2.75, 3.05) is 13.7 Å². The normalized spacial score (nSPS) is 14.0. The first-order valence-electron chi connectivity index (χ1n) is 6.71. The van der Waals surface area contributed by atoms with Gasteiger partial charge in [0.15, 0.2) is 5.78 Å². The molecule has 0 unspecified atom stereocenters. The quantitative estimate of drug-likeness (QED) is 0.493. The van der Waals surface area contributed by atoms with E-state index in [1.807, 2.05) is 42.5 Å². The van der Waals surface area contributed by atoms with Crippen molar-refractivity contribution in [3.63, 3.8) is 0 Å². The van der Waals surface area contributed by atoms with Gasteiger partial charge in [-0.2, -0.15) is 0 Å². The lowest BCUT2D eigenvalue weighted by Gasteiger charge is -2.20. The van der Waals surface area contributed by atoms with E-state index >= 15 is 0 Å². The number of carbonyl (C=O) groups excluding carboxylic acids is 2. The van der Waals surface area contributed by atoms with E-state index in [0.717, 1.165) is 23.4 Å².